The second-order valence-electron chi connectivity index (χ2n) is 7.84. The van der Waals surface area contributed by atoms with Gasteiger partial charge in [0.2, 0.25) is 6.79 Å². The quantitative estimate of drug-likeness (QED) is 0.843. The van der Waals surface area contributed by atoms with Crippen LogP contribution in [0.4, 0.5) is 0 Å². The first kappa shape index (κ1) is 18.5. The SMILES string of the molecule is CC(C)(C)OCC(O)CN1CCN(Cc2ccc3c(c2)OCO3)CC1. The molecule has 1 aromatic carbocycles. The minimum Gasteiger partial charge on any atom is -0.454 e. The van der Waals surface area contributed by atoms with Crippen LogP contribution < -0.4 is 9.47 Å². The summed E-state index contributed by atoms with van der Waals surface area (Å²) in [5.74, 6) is 1.68. The van der Waals surface area contributed by atoms with E-state index in [1.165, 1.54) is 5.56 Å². The van der Waals surface area contributed by atoms with Crippen LogP contribution in [0.1, 0.15) is 26.3 Å². The van der Waals surface area contributed by atoms with E-state index in [2.05, 4.69) is 21.9 Å². The Morgan fingerprint density at radius 2 is 1.76 bits per heavy atom. The summed E-state index contributed by atoms with van der Waals surface area (Å²) in [6, 6.07) is 6.16. The van der Waals surface area contributed by atoms with Crippen molar-refractivity contribution in [3.63, 3.8) is 0 Å². The van der Waals surface area contributed by atoms with Crippen LogP contribution in [0.3, 0.4) is 0 Å². The van der Waals surface area contributed by atoms with Gasteiger partial charge in [-0.1, -0.05) is 6.07 Å². The van der Waals surface area contributed by atoms with Crippen molar-refractivity contribution in [3.8, 4) is 11.5 Å². The molecule has 140 valence electrons. The fourth-order valence-corrected chi connectivity index (χ4v) is 3.12. The van der Waals surface area contributed by atoms with Crippen molar-refractivity contribution < 1.29 is 19.3 Å². The van der Waals surface area contributed by atoms with Gasteiger partial charge in [0.15, 0.2) is 11.5 Å². The van der Waals surface area contributed by atoms with Crippen LogP contribution in [0, 0.1) is 0 Å². The first-order valence-electron chi connectivity index (χ1n) is 9.04. The molecule has 1 atom stereocenters. The lowest BCUT2D eigenvalue weighted by Gasteiger charge is -2.36. The molecule has 2 heterocycles. The number of nitrogens with zero attached hydrogens (tertiary/aromatic N) is 2. The van der Waals surface area contributed by atoms with Gasteiger partial charge in [0.25, 0.3) is 0 Å². The molecule has 1 saturated heterocycles. The van der Waals surface area contributed by atoms with Crippen LogP contribution in [0.25, 0.3) is 0 Å². The highest BCUT2D eigenvalue weighted by atomic mass is 16.7. The number of β-amino-alcohol motifs (C(OH)–C–C–N with tert-alkyl or cyclic N) is 1. The molecule has 0 amide bonds. The maximum absolute atomic E-state index is 10.1. The predicted molar refractivity (Wildman–Crippen MR) is 96.0 cm³/mol. The molecule has 1 N–H and O–H groups in total. The van der Waals surface area contributed by atoms with E-state index < -0.39 is 6.10 Å². The van der Waals surface area contributed by atoms with Crippen molar-refractivity contribution in [2.24, 2.45) is 0 Å². The van der Waals surface area contributed by atoms with Gasteiger partial charge in [-0.3, -0.25) is 9.80 Å². The summed E-state index contributed by atoms with van der Waals surface area (Å²) < 4.78 is 16.5. The normalized spacial score (nSPS) is 20.0. The Kier molecular flexibility index (Phi) is 5.84. The average molecular weight is 350 g/mol. The molecule has 1 unspecified atom stereocenters. The fourth-order valence-electron chi connectivity index (χ4n) is 3.12. The molecule has 25 heavy (non-hydrogen) atoms. The summed E-state index contributed by atoms with van der Waals surface area (Å²) in [5, 5.41) is 10.1. The Bertz CT molecular complexity index is 565. The zero-order chi connectivity index (χ0) is 17.9. The largest absolute Gasteiger partial charge is 0.454 e. The lowest BCUT2D eigenvalue weighted by atomic mass is 10.1. The molecule has 0 radical (unpaired) electrons. The van der Waals surface area contributed by atoms with E-state index in [0.29, 0.717) is 19.9 Å². The van der Waals surface area contributed by atoms with E-state index in [0.717, 1.165) is 44.2 Å². The summed E-state index contributed by atoms with van der Waals surface area (Å²) in [7, 11) is 0. The van der Waals surface area contributed by atoms with Gasteiger partial charge in [0.1, 0.15) is 0 Å². The van der Waals surface area contributed by atoms with Gasteiger partial charge in [-0.2, -0.15) is 0 Å². The van der Waals surface area contributed by atoms with Gasteiger partial charge >= 0.3 is 0 Å². The average Bonchev–Trinajstić information content (AvgIpc) is 3.02. The van der Waals surface area contributed by atoms with Gasteiger partial charge in [0, 0.05) is 39.3 Å². The first-order valence-corrected chi connectivity index (χ1v) is 9.04. The van der Waals surface area contributed by atoms with Crippen molar-refractivity contribution in [2.75, 3.05) is 46.1 Å². The Morgan fingerprint density at radius 1 is 1.08 bits per heavy atom. The smallest absolute Gasteiger partial charge is 0.231 e. The third-order valence-electron chi connectivity index (χ3n) is 4.49. The molecular formula is C19H30N2O4. The summed E-state index contributed by atoms with van der Waals surface area (Å²) in [4.78, 5) is 4.75. The number of aliphatic hydroxyl groups is 1. The summed E-state index contributed by atoms with van der Waals surface area (Å²) in [6.45, 7) is 12.3. The second-order valence-corrected chi connectivity index (χ2v) is 7.84. The number of hydrogen-bond acceptors (Lipinski definition) is 6. The topological polar surface area (TPSA) is 54.4 Å². The van der Waals surface area contributed by atoms with E-state index in [1.54, 1.807) is 0 Å². The number of aliphatic hydroxyl groups excluding tert-OH is 1. The van der Waals surface area contributed by atoms with Crippen molar-refractivity contribution in [1.29, 1.82) is 0 Å². The molecule has 6 heteroatoms. The van der Waals surface area contributed by atoms with E-state index >= 15 is 0 Å². The number of fused-ring (bicyclic) bond motifs is 1. The molecule has 1 fully saturated rings. The molecule has 0 bridgehead atoms. The minimum absolute atomic E-state index is 0.204. The summed E-state index contributed by atoms with van der Waals surface area (Å²) in [6.07, 6.45) is -0.431. The number of rotatable bonds is 6. The van der Waals surface area contributed by atoms with E-state index in [9.17, 15) is 5.11 Å². The van der Waals surface area contributed by atoms with E-state index in [1.807, 2.05) is 26.8 Å². The predicted octanol–water partition coefficient (Wildman–Crippen LogP) is 1.71. The molecule has 6 nitrogen and oxygen atoms in total. The van der Waals surface area contributed by atoms with Crippen molar-refractivity contribution in [1.82, 2.24) is 9.80 Å². The molecule has 0 saturated carbocycles. The van der Waals surface area contributed by atoms with Gasteiger partial charge < -0.3 is 19.3 Å². The van der Waals surface area contributed by atoms with Crippen LogP contribution in [0.15, 0.2) is 18.2 Å². The number of piperazine rings is 1. The zero-order valence-corrected chi connectivity index (χ0v) is 15.5. The number of hydrogen-bond donors (Lipinski definition) is 1. The van der Waals surface area contributed by atoms with Crippen LogP contribution in [0.5, 0.6) is 11.5 Å². The van der Waals surface area contributed by atoms with Crippen LogP contribution in [0.2, 0.25) is 0 Å². The zero-order valence-electron chi connectivity index (χ0n) is 15.5. The molecule has 2 aliphatic heterocycles. The van der Waals surface area contributed by atoms with Crippen molar-refractivity contribution in [3.05, 3.63) is 23.8 Å². The Balaban J connectivity index is 1.40. The van der Waals surface area contributed by atoms with Crippen LogP contribution in [-0.4, -0.2) is 72.7 Å². The fraction of sp³-hybridized carbons (Fsp3) is 0.684. The minimum atomic E-state index is -0.431. The van der Waals surface area contributed by atoms with E-state index in [-0.39, 0.29) is 5.60 Å². The van der Waals surface area contributed by atoms with Crippen LogP contribution in [-0.2, 0) is 11.3 Å². The standard InChI is InChI=1S/C19H30N2O4/c1-19(2,3)25-13-16(22)12-21-8-6-20(7-9-21)11-15-4-5-17-18(10-15)24-14-23-17/h4-5,10,16,22H,6-9,11-14H2,1-3H3. The van der Waals surface area contributed by atoms with E-state index in [4.69, 9.17) is 14.2 Å². The highest BCUT2D eigenvalue weighted by Crippen LogP contribution is 2.32. The molecular weight excluding hydrogens is 320 g/mol. The molecule has 0 spiro atoms. The van der Waals surface area contributed by atoms with Crippen molar-refractivity contribution >= 4 is 0 Å². The molecule has 0 aliphatic carbocycles. The van der Waals surface area contributed by atoms with Gasteiger partial charge in [-0.25, -0.2) is 0 Å². The molecule has 0 aromatic heterocycles. The number of benzene rings is 1. The lowest BCUT2D eigenvalue weighted by molar-refractivity contribution is -0.0587. The Labute approximate surface area is 150 Å². The lowest BCUT2D eigenvalue weighted by Crippen LogP contribution is -2.48. The molecule has 2 aliphatic rings. The highest BCUT2D eigenvalue weighted by Gasteiger charge is 2.21. The Hall–Kier alpha value is -1.34. The summed E-state index contributed by atoms with van der Waals surface area (Å²) >= 11 is 0. The maximum atomic E-state index is 10.1. The van der Waals surface area contributed by atoms with Gasteiger partial charge in [0.05, 0.1) is 18.3 Å². The third-order valence-corrected chi connectivity index (χ3v) is 4.49. The van der Waals surface area contributed by atoms with Gasteiger partial charge in [-0.05, 0) is 38.5 Å². The van der Waals surface area contributed by atoms with Crippen molar-refractivity contribution in [2.45, 2.75) is 39.0 Å². The molecule has 3 rings (SSSR count). The third kappa shape index (κ3) is 5.57. The van der Waals surface area contributed by atoms with Gasteiger partial charge in [-0.15, -0.1) is 0 Å². The highest BCUT2D eigenvalue weighted by molar-refractivity contribution is 5.44. The maximum Gasteiger partial charge on any atom is 0.231 e. The Morgan fingerprint density at radius 3 is 2.48 bits per heavy atom. The number of ether oxygens (including phenoxy) is 3. The van der Waals surface area contributed by atoms with Crippen LogP contribution >= 0.6 is 0 Å². The monoisotopic (exact) mass is 350 g/mol. The summed E-state index contributed by atoms with van der Waals surface area (Å²) in [5.41, 5.74) is 1.04. The first-order chi connectivity index (χ1) is 11.9. The molecule has 1 aromatic rings. The second kappa shape index (κ2) is 7.91.